The molecule has 5 heteroatoms. The first-order valence-electron chi connectivity index (χ1n) is 8.39. The molecule has 0 unspecified atom stereocenters. The number of nitrogens with zero attached hydrogens (tertiary/aromatic N) is 2. The van der Waals surface area contributed by atoms with Crippen molar-refractivity contribution >= 4 is 6.09 Å². The smallest absolute Gasteiger partial charge is 0.410 e. The number of nitrogens with one attached hydrogen (secondary N) is 1. The van der Waals surface area contributed by atoms with Crippen LogP contribution in [0.4, 0.5) is 4.79 Å². The zero-order valence-corrected chi connectivity index (χ0v) is 14.3. The highest BCUT2D eigenvalue weighted by molar-refractivity contribution is 5.69. The SMILES string of the molecule is CCc1n[nH]c(CC)c1[C@H]1[C@@H]2CN(C(=O)OC(C)(C)C)C[C@@H]21. The van der Waals surface area contributed by atoms with Crippen LogP contribution < -0.4 is 0 Å². The van der Waals surface area contributed by atoms with E-state index in [1.165, 1.54) is 17.0 Å². The number of amides is 1. The molecule has 1 saturated heterocycles. The van der Waals surface area contributed by atoms with E-state index < -0.39 is 5.60 Å². The maximum Gasteiger partial charge on any atom is 0.410 e. The van der Waals surface area contributed by atoms with Crippen LogP contribution in [0.1, 0.15) is 57.5 Å². The van der Waals surface area contributed by atoms with Gasteiger partial charge >= 0.3 is 6.09 Å². The summed E-state index contributed by atoms with van der Waals surface area (Å²) in [5.74, 6) is 1.75. The highest BCUT2D eigenvalue weighted by Gasteiger charge is 2.59. The van der Waals surface area contributed by atoms with Crippen LogP contribution in [0.25, 0.3) is 0 Å². The molecule has 5 nitrogen and oxygen atoms in total. The second-order valence-corrected chi connectivity index (χ2v) is 7.51. The second kappa shape index (κ2) is 5.28. The van der Waals surface area contributed by atoms with Crippen molar-refractivity contribution in [3.8, 4) is 0 Å². The van der Waals surface area contributed by atoms with E-state index in [0.717, 1.165) is 25.9 Å². The predicted octanol–water partition coefficient (Wildman–Crippen LogP) is 3.11. The molecule has 22 heavy (non-hydrogen) atoms. The van der Waals surface area contributed by atoms with Gasteiger partial charge in [0.05, 0.1) is 5.69 Å². The van der Waals surface area contributed by atoms with Gasteiger partial charge in [0.2, 0.25) is 0 Å². The van der Waals surface area contributed by atoms with Gasteiger partial charge in [0.25, 0.3) is 0 Å². The van der Waals surface area contributed by atoms with Gasteiger partial charge in [-0.1, -0.05) is 13.8 Å². The summed E-state index contributed by atoms with van der Waals surface area (Å²) in [4.78, 5) is 14.0. The molecule has 3 rings (SSSR count). The average molecular weight is 305 g/mol. The Hall–Kier alpha value is -1.52. The van der Waals surface area contributed by atoms with Crippen molar-refractivity contribution in [2.24, 2.45) is 11.8 Å². The lowest BCUT2D eigenvalue weighted by Gasteiger charge is -2.26. The fourth-order valence-corrected chi connectivity index (χ4v) is 3.79. The molecule has 2 fully saturated rings. The van der Waals surface area contributed by atoms with E-state index in [1.807, 2.05) is 25.7 Å². The number of aromatic nitrogens is 2. The molecule has 3 atom stereocenters. The number of fused-ring (bicyclic) bond motifs is 1. The summed E-state index contributed by atoms with van der Waals surface area (Å²) in [6, 6.07) is 0. The zero-order valence-electron chi connectivity index (χ0n) is 14.3. The number of hydrogen-bond donors (Lipinski definition) is 1. The normalized spacial score (nSPS) is 27.0. The van der Waals surface area contributed by atoms with Crippen molar-refractivity contribution in [3.05, 3.63) is 17.0 Å². The van der Waals surface area contributed by atoms with Gasteiger partial charge in [-0.2, -0.15) is 5.10 Å². The molecule has 1 aromatic rings. The Morgan fingerprint density at radius 3 is 2.41 bits per heavy atom. The quantitative estimate of drug-likeness (QED) is 0.933. The monoisotopic (exact) mass is 305 g/mol. The van der Waals surface area contributed by atoms with E-state index in [2.05, 4.69) is 24.0 Å². The third kappa shape index (κ3) is 2.61. The molecule has 1 aromatic heterocycles. The van der Waals surface area contributed by atoms with Crippen molar-refractivity contribution in [1.82, 2.24) is 15.1 Å². The minimum Gasteiger partial charge on any atom is -0.444 e. The average Bonchev–Trinajstić information content (AvgIpc) is 2.83. The number of piperidine rings is 1. The zero-order chi connectivity index (χ0) is 16.1. The first kappa shape index (κ1) is 15.4. The predicted molar refractivity (Wildman–Crippen MR) is 84.9 cm³/mol. The number of hydrogen-bond acceptors (Lipinski definition) is 3. The summed E-state index contributed by atoms with van der Waals surface area (Å²) in [7, 11) is 0. The summed E-state index contributed by atoms with van der Waals surface area (Å²) in [5, 5.41) is 7.66. The molecule has 1 N–H and O–H groups in total. The van der Waals surface area contributed by atoms with Crippen molar-refractivity contribution in [2.75, 3.05) is 13.1 Å². The molecule has 1 aliphatic carbocycles. The molecule has 0 bridgehead atoms. The Labute approximate surface area is 132 Å². The van der Waals surface area contributed by atoms with Crippen molar-refractivity contribution in [2.45, 2.75) is 59.0 Å². The number of aryl methyl sites for hydroxylation is 2. The largest absolute Gasteiger partial charge is 0.444 e. The van der Waals surface area contributed by atoms with E-state index >= 15 is 0 Å². The molecule has 2 aliphatic rings. The Kier molecular flexibility index (Phi) is 3.69. The van der Waals surface area contributed by atoms with Gasteiger partial charge in [-0.15, -0.1) is 0 Å². The molecule has 0 radical (unpaired) electrons. The minimum atomic E-state index is -0.418. The van der Waals surface area contributed by atoms with E-state index in [1.54, 1.807) is 0 Å². The number of rotatable bonds is 3. The fourth-order valence-electron chi connectivity index (χ4n) is 3.79. The molecule has 122 valence electrons. The first-order chi connectivity index (χ1) is 10.4. The van der Waals surface area contributed by atoms with E-state index in [0.29, 0.717) is 17.8 Å². The molecule has 0 aromatic carbocycles. The van der Waals surface area contributed by atoms with Crippen LogP contribution in [0, 0.1) is 11.8 Å². The Morgan fingerprint density at radius 2 is 1.91 bits per heavy atom. The number of aromatic amines is 1. The lowest BCUT2D eigenvalue weighted by molar-refractivity contribution is 0.0271. The van der Waals surface area contributed by atoms with Crippen molar-refractivity contribution in [3.63, 3.8) is 0 Å². The number of likely N-dealkylation sites (tertiary alicyclic amines) is 1. The molecule has 1 amide bonds. The maximum absolute atomic E-state index is 12.2. The summed E-state index contributed by atoms with van der Waals surface area (Å²) in [6.07, 6.45) is 1.79. The summed E-state index contributed by atoms with van der Waals surface area (Å²) >= 11 is 0. The fraction of sp³-hybridized carbons (Fsp3) is 0.765. The highest BCUT2D eigenvalue weighted by atomic mass is 16.6. The molecule has 1 saturated carbocycles. The van der Waals surface area contributed by atoms with Gasteiger partial charge in [-0.05, 0) is 51.4 Å². The highest BCUT2D eigenvalue weighted by Crippen LogP contribution is 2.59. The van der Waals surface area contributed by atoms with Crippen LogP contribution in [0.2, 0.25) is 0 Å². The van der Waals surface area contributed by atoms with Gasteiger partial charge in [0, 0.05) is 24.3 Å². The summed E-state index contributed by atoms with van der Waals surface area (Å²) in [6.45, 7) is 11.7. The van der Waals surface area contributed by atoms with Crippen molar-refractivity contribution < 1.29 is 9.53 Å². The summed E-state index contributed by atoms with van der Waals surface area (Å²) < 4.78 is 5.47. The van der Waals surface area contributed by atoms with Gasteiger partial charge < -0.3 is 9.64 Å². The number of H-pyrrole nitrogens is 1. The lowest BCUT2D eigenvalue weighted by Crippen LogP contribution is -2.36. The van der Waals surface area contributed by atoms with E-state index in [-0.39, 0.29) is 6.09 Å². The minimum absolute atomic E-state index is 0.169. The number of carbonyl (C=O) groups is 1. The molecular weight excluding hydrogens is 278 g/mol. The van der Waals surface area contributed by atoms with Gasteiger partial charge in [-0.3, -0.25) is 5.10 Å². The van der Waals surface area contributed by atoms with E-state index in [4.69, 9.17) is 4.74 Å². The van der Waals surface area contributed by atoms with Gasteiger partial charge in [0.1, 0.15) is 5.60 Å². The molecular formula is C17H27N3O2. The topological polar surface area (TPSA) is 58.2 Å². The van der Waals surface area contributed by atoms with Crippen LogP contribution in [0.5, 0.6) is 0 Å². The Balaban J connectivity index is 1.66. The number of ether oxygens (including phenoxy) is 1. The molecule has 0 spiro atoms. The van der Waals surface area contributed by atoms with E-state index in [9.17, 15) is 4.79 Å². The lowest BCUT2D eigenvalue weighted by atomic mass is 10.0. The van der Waals surface area contributed by atoms with Crippen LogP contribution in [-0.2, 0) is 17.6 Å². The summed E-state index contributed by atoms with van der Waals surface area (Å²) in [5.41, 5.74) is 3.50. The third-order valence-corrected chi connectivity index (χ3v) is 4.83. The van der Waals surface area contributed by atoms with Gasteiger partial charge in [-0.25, -0.2) is 4.79 Å². The van der Waals surface area contributed by atoms with Crippen LogP contribution in [0.3, 0.4) is 0 Å². The van der Waals surface area contributed by atoms with Crippen molar-refractivity contribution in [1.29, 1.82) is 0 Å². The Morgan fingerprint density at radius 1 is 1.27 bits per heavy atom. The van der Waals surface area contributed by atoms with Crippen LogP contribution >= 0.6 is 0 Å². The molecule has 2 heterocycles. The standard InChI is InChI=1S/C17H27N3O2/c1-6-12-15(13(7-2)19-18-12)14-10-8-20(9-11(10)14)16(21)22-17(3,4)5/h10-11,14H,6-9H2,1-5H3,(H,18,19)/t10-,11+,14+. The van der Waals surface area contributed by atoms with Gasteiger partial charge in [0.15, 0.2) is 0 Å². The van der Waals surface area contributed by atoms with Crippen LogP contribution in [-0.4, -0.2) is 39.9 Å². The third-order valence-electron chi connectivity index (χ3n) is 4.83. The number of carbonyl (C=O) groups excluding carboxylic acids is 1. The molecule has 1 aliphatic heterocycles. The second-order valence-electron chi connectivity index (χ2n) is 7.51. The Bertz CT molecular complexity index is 539. The first-order valence-corrected chi connectivity index (χ1v) is 8.39. The van der Waals surface area contributed by atoms with Crippen LogP contribution in [0.15, 0.2) is 0 Å². The maximum atomic E-state index is 12.2.